The average Bonchev–Trinajstić information content (AvgIpc) is 2.80. The first-order valence-electron chi connectivity index (χ1n) is 16.2. The summed E-state index contributed by atoms with van der Waals surface area (Å²) >= 11 is 0. The molecule has 0 rings (SSSR count). The zero-order chi connectivity index (χ0) is 24.2. The third-order valence-corrected chi connectivity index (χ3v) is 7.91. The first-order chi connectivity index (χ1) is 16.2. The van der Waals surface area contributed by atoms with E-state index in [-0.39, 0.29) is 0 Å². The van der Waals surface area contributed by atoms with E-state index in [0.29, 0.717) is 0 Å². The molecule has 0 aromatic rings. The van der Waals surface area contributed by atoms with Crippen LogP contribution in [0.3, 0.4) is 0 Å². The zero-order valence-electron chi connectivity index (χ0n) is 24.2. The van der Waals surface area contributed by atoms with Crippen LogP contribution in [0.1, 0.15) is 201 Å². The van der Waals surface area contributed by atoms with E-state index in [1.54, 1.807) is 0 Å². The molecule has 0 saturated heterocycles. The standard InChI is InChI=1S/C33H68/c1-5-7-9-11-13-15-17-18-19-20-22-24-26-28-30-33(4)31-32(3)29-27-25-23-21-16-14-12-10-8-6-2/h32-33H,5-31H2,1-4H3. The van der Waals surface area contributed by atoms with Gasteiger partial charge in [0.1, 0.15) is 0 Å². The molecule has 0 aliphatic heterocycles. The molecule has 0 aliphatic carbocycles. The molecule has 0 N–H and O–H groups in total. The minimum Gasteiger partial charge on any atom is -0.0654 e. The molecule has 0 bridgehead atoms. The van der Waals surface area contributed by atoms with Crippen molar-refractivity contribution in [3.05, 3.63) is 0 Å². The van der Waals surface area contributed by atoms with Crippen molar-refractivity contribution in [2.45, 2.75) is 201 Å². The summed E-state index contributed by atoms with van der Waals surface area (Å²) in [5.74, 6) is 1.89. The highest BCUT2D eigenvalue weighted by Crippen LogP contribution is 2.23. The smallest absolute Gasteiger partial charge is 0.0440 e. The van der Waals surface area contributed by atoms with Crippen LogP contribution in [0.25, 0.3) is 0 Å². The van der Waals surface area contributed by atoms with Gasteiger partial charge in [0.2, 0.25) is 0 Å². The van der Waals surface area contributed by atoms with Gasteiger partial charge in [-0.1, -0.05) is 195 Å². The number of hydrogen-bond acceptors (Lipinski definition) is 0. The number of rotatable bonds is 28. The topological polar surface area (TPSA) is 0 Å². The van der Waals surface area contributed by atoms with E-state index >= 15 is 0 Å². The summed E-state index contributed by atoms with van der Waals surface area (Å²) in [5, 5.41) is 0. The Labute approximate surface area is 212 Å². The fourth-order valence-corrected chi connectivity index (χ4v) is 5.59. The van der Waals surface area contributed by atoms with Crippen LogP contribution in [0.5, 0.6) is 0 Å². The van der Waals surface area contributed by atoms with Gasteiger partial charge in [0.05, 0.1) is 0 Å². The molecule has 0 amide bonds. The summed E-state index contributed by atoms with van der Waals surface area (Å²) < 4.78 is 0. The maximum absolute atomic E-state index is 2.51. The second-order valence-electron chi connectivity index (χ2n) is 11.8. The van der Waals surface area contributed by atoms with Crippen LogP contribution in [0.15, 0.2) is 0 Å². The SMILES string of the molecule is CCCCCCCCCCCCCCCCC(C)CC(C)CCCCCCCCCCCC. The Bertz CT molecular complexity index is 333. The van der Waals surface area contributed by atoms with Gasteiger partial charge < -0.3 is 0 Å². The van der Waals surface area contributed by atoms with Gasteiger partial charge in [-0.25, -0.2) is 0 Å². The molecule has 0 heterocycles. The minimum atomic E-state index is 0.945. The molecular formula is C33H68. The van der Waals surface area contributed by atoms with Gasteiger partial charge in [0, 0.05) is 0 Å². The lowest BCUT2D eigenvalue weighted by atomic mass is 9.89. The zero-order valence-corrected chi connectivity index (χ0v) is 24.2. The second-order valence-corrected chi connectivity index (χ2v) is 11.8. The maximum atomic E-state index is 2.51. The minimum absolute atomic E-state index is 0.945. The number of unbranched alkanes of at least 4 members (excludes halogenated alkanes) is 22. The van der Waals surface area contributed by atoms with Crippen molar-refractivity contribution in [1.29, 1.82) is 0 Å². The fraction of sp³-hybridized carbons (Fsp3) is 1.00. The molecule has 0 aliphatic rings. The Morgan fingerprint density at radius 1 is 0.303 bits per heavy atom. The molecule has 0 aromatic carbocycles. The quantitative estimate of drug-likeness (QED) is 0.101. The highest BCUT2D eigenvalue weighted by Gasteiger charge is 2.08. The monoisotopic (exact) mass is 465 g/mol. The van der Waals surface area contributed by atoms with Gasteiger partial charge in [-0.2, -0.15) is 0 Å². The van der Waals surface area contributed by atoms with E-state index in [9.17, 15) is 0 Å². The molecule has 0 aromatic heterocycles. The Hall–Kier alpha value is 0. The highest BCUT2D eigenvalue weighted by molar-refractivity contribution is 4.61. The molecule has 0 fully saturated rings. The largest absolute Gasteiger partial charge is 0.0654 e. The molecule has 2 unspecified atom stereocenters. The van der Waals surface area contributed by atoms with Crippen molar-refractivity contribution in [2.75, 3.05) is 0 Å². The Kier molecular flexibility index (Phi) is 28.2. The fourth-order valence-electron chi connectivity index (χ4n) is 5.59. The lowest BCUT2D eigenvalue weighted by Gasteiger charge is -2.17. The molecule has 0 saturated carbocycles. The molecular weight excluding hydrogens is 396 g/mol. The van der Waals surface area contributed by atoms with E-state index < -0.39 is 0 Å². The first kappa shape index (κ1) is 33.0. The van der Waals surface area contributed by atoms with Crippen LogP contribution in [0.2, 0.25) is 0 Å². The predicted octanol–water partition coefficient (Wildman–Crippen LogP) is 12.8. The third-order valence-electron chi connectivity index (χ3n) is 7.91. The van der Waals surface area contributed by atoms with Crippen molar-refractivity contribution in [1.82, 2.24) is 0 Å². The first-order valence-corrected chi connectivity index (χ1v) is 16.2. The highest BCUT2D eigenvalue weighted by atomic mass is 14.1. The van der Waals surface area contributed by atoms with E-state index in [2.05, 4.69) is 27.7 Å². The third kappa shape index (κ3) is 28.1. The summed E-state index contributed by atoms with van der Waals surface area (Å²) in [4.78, 5) is 0. The van der Waals surface area contributed by atoms with Crippen molar-refractivity contribution in [3.8, 4) is 0 Å². The lowest BCUT2D eigenvalue weighted by molar-refractivity contribution is 0.356. The van der Waals surface area contributed by atoms with Gasteiger partial charge in [-0.3, -0.25) is 0 Å². The van der Waals surface area contributed by atoms with Crippen molar-refractivity contribution in [3.63, 3.8) is 0 Å². The van der Waals surface area contributed by atoms with E-state index in [4.69, 9.17) is 0 Å². The van der Waals surface area contributed by atoms with E-state index in [0.717, 1.165) is 11.8 Å². The Morgan fingerprint density at radius 3 is 0.758 bits per heavy atom. The van der Waals surface area contributed by atoms with Crippen LogP contribution >= 0.6 is 0 Å². The summed E-state index contributed by atoms with van der Waals surface area (Å²) in [6.45, 7) is 9.64. The van der Waals surface area contributed by atoms with Crippen LogP contribution in [-0.2, 0) is 0 Å². The van der Waals surface area contributed by atoms with Crippen molar-refractivity contribution < 1.29 is 0 Å². The second kappa shape index (κ2) is 28.2. The summed E-state index contributed by atoms with van der Waals surface area (Å²) in [7, 11) is 0. The van der Waals surface area contributed by atoms with E-state index in [1.165, 1.54) is 173 Å². The summed E-state index contributed by atoms with van der Waals surface area (Å²) in [6, 6.07) is 0. The van der Waals surface area contributed by atoms with Gasteiger partial charge in [0.15, 0.2) is 0 Å². The van der Waals surface area contributed by atoms with Crippen molar-refractivity contribution in [2.24, 2.45) is 11.8 Å². The number of hydrogen-bond donors (Lipinski definition) is 0. The van der Waals surface area contributed by atoms with Crippen LogP contribution < -0.4 is 0 Å². The predicted molar refractivity (Wildman–Crippen MR) is 154 cm³/mol. The molecule has 0 radical (unpaired) electrons. The average molecular weight is 465 g/mol. The summed E-state index contributed by atoms with van der Waals surface area (Å²) in [5.41, 5.74) is 0. The Morgan fingerprint density at radius 2 is 0.515 bits per heavy atom. The van der Waals surface area contributed by atoms with E-state index in [1.807, 2.05) is 0 Å². The normalized spacial score (nSPS) is 13.5. The molecule has 200 valence electrons. The molecule has 2 atom stereocenters. The van der Waals surface area contributed by atoms with Gasteiger partial charge >= 0.3 is 0 Å². The van der Waals surface area contributed by atoms with Crippen LogP contribution in [-0.4, -0.2) is 0 Å². The van der Waals surface area contributed by atoms with Gasteiger partial charge in [0.25, 0.3) is 0 Å². The molecule has 0 nitrogen and oxygen atoms in total. The van der Waals surface area contributed by atoms with Gasteiger partial charge in [-0.05, 0) is 18.3 Å². The Balaban J connectivity index is 3.27. The van der Waals surface area contributed by atoms with Crippen LogP contribution in [0, 0.1) is 11.8 Å². The maximum Gasteiger partial charge on any atom is -0.0440 e. The molecule has 0 heteroatoms. The van der Waals surface area contributed by atoms with Gasteiger partial charge in [-0.15, -0.1) is 0 Å². The lowest BCUT2D eigenvalue weighted by Crippen LogP contribution is -2.03. The molecule has 0 spiro atoms. The van der Waals surface area contributed by atoms with Crippen molar-refractivity contribution >= 4 is 0 Å². The molecule has 33 heavy (non-hydrogen) atoms. The summed E-state index contributed by atoms with van der Waals surface area (Å²) in [6.07, 6.45) is 39.6. The van der Waals surface area contributed by atoms with Crippen LogP contribution in [0.4, 0.5) is 0 Å².